The summed E-state index contributed by atoms with van der Waals surface area (Å²) in [5.74, 6) is 0.961. The second-order valence-corrected chi connectivity index (χ2v) is 5.50. The van der Waals surface area contributed by atoms with Crippen molar-refractivity contribution in [2.24, 2.45) is 0 Å². The van der Waals surface area contributed by atoms with Crippen LogP contribution in [0.5, 0.6) is 0 Å². The van der Waals surface area contributed by atoms with Gasteiger partial charge in [0.15, 0.2) is 0 Å². The van der Waals surface area contributed by atoms with Crippen LogP contribution in [-0.2, 0) is 6.42 Å². The Kier molecular flexibility index (Phi) is 3.76. The van der Waals surface area contributed by atoms with Crippen molar-refractivity contribution in [3.8, 4) is 0 Å². The first kappa shape index (κ1) is 13.8. The number of rotatable bonds is 4. The molecule has 3 nitrogen and oxygen atoms in total. The van der Waals surface area contributed by atoms with Gasteiger partial charge in [0.1, 0.15) is 11.3 Å². The number of nitrogens with zero attached hydrogens (tertiary/aromatic N) is 1. The number of hydrogen-bond acceptors (Lipinski definition) is 3. The van der Waals surface area contributed by atoms with Crippen LogP contribution < -0.4 is 5.32 Å². The fourth-order valence-corrected chi connectivity index (χ4v) is 2.63. The average Bonchev–Trinajstić information content (AvgIpc) is 2.89. The number of hydrogen-bond donors (Lipinski definition) is 1. The monoisotopic (exact) mass is 280 g/mol. The molecule has 2 heterocycles. The minimum absolute atomic E-state index is 0.131. The molecule has 0 fully saturated rings. The summed E-state index contributed by atoms with van der Waals surface area (Å²) in [5, 5.41) is 4.49. The maximum absolute atomic E-state index is 6.00. The molecule has 3 heteroatoms. The molecule has 0 saturated carbocycles. The molecular weight excluding hydrogens is 260 g/mol. The van der Waals surface area contributed by atoms with Crippen molar-refractivity contribution in [2.75, 3.05) is 7.05 Å². The van der Waals surface area contributed by atoms with E-state index >= 15 is 0 Å². The Bertz CT molecular complexity index is 761. The first-order valence-electron chi connectivity index (χ1n) is 7.25. The molecule has 2 aromatic heterocycles. The number of aromatic nitrogens is 1. The second-order valence-electron chi connectivity index (χ2n) is 5.50. The summed E-state index contributed by atoms with van der Waals surface area (Å²) in [7, 11) is 1.96. The summed E-state index contributed by atoms with van der Waals surface area (Å²) in [6.07, 6.45) is 2.67. The molecule has 21 heavy (non-hydrogen) atoms. The molecule has 0 aliphatic heterocycles. The lowest BCUT2D eigenvalue weighted by Gasteiger charge is -2.14. The zero-order chi connectivity index (χ0) is 14.8. The highest BCUT2D eigenvalue weighted by molar-refractivity contribution is 5.78. The zero-order valence-electron chi connectivity index (χ0n) is 12.7. The van der Waals surface area contributed by atoms with Gasteiger partial charge in [-0.3, -0.25) is 4.98 Å². The SMILES string of the molecule is CNC(Cc1ncccc1C)c1cc2cc(C)ccc2o1. The molecule has 1 atom stereocenters. The minimum Gasteiger partial charge on any atom is -0.459 e. The van der Waals surface area contributed by atoms with Crippen LogP contribution in [0.25, 0.3) is 11.0 Å². The number of pyridine rings is 1. The van der Waals surface area contributed by atoms with Crippen LogP contribution in [0.1, 0.15) is 28.6 Å². The smallest absolute Gasteiger partial charge is 0.134 e. The third-order valence-corrected chi connectivity index (χ3v) is 3.90. The van der Waals surface area contributed by atoms with Gasteiger partial charge >= 0.3 is 0 Å². The summed E-state index contributed by atoms with van der Waals surface area (Å²) in [5.41, 5.74) is 4.50. The van der Waals surface area contributed by atoms with E-state index in [1.165, 1.54) is 11.1 Å². The fraction of sp³-hybridized carbons (Fsp3) is 0.278. The molecule has 0 amide bonds. The normalized spacial score (nSPS) is 12.7. The van der Waals surface area contributed by atoms with Crippen LogP contribution in [0.15, 0.2) is 47.0 Å². The average molecular weight is 280 g/mol. The van der Waals surface area contributed by atoms with E-state index in [1.807, 2.05) is 25.4 Å². The molecule has 3 aromatic rings. The maximum atomic E-state index is 6.00. The van der Waals surface area contributed by atoms with Gasteiger partial charge in [0.05, 0.1) is 6.04 Å². The summed E-state index contributed by atoms with van der Waals surface area (Å²) in [4.78, 5) is 4.48. The predicted octanol–water partition coefficient (Wildman–Crippen LogP) is 3.95. The van der Waals surface area contributed by atoms with E-state index < -0.39 is 0 Å². The van der Waals surface area contributed by atoms with Crippen LogP contribution in [0.3, 0.4) is 0 Å². The van der Waals surface area contributed by atoms with Crippen LogP contribution in [0, 0.1) is 13.8 Å². The number of benzene rings is 1. The summed E-state index contributed by atoms with van der Waals surface area (Å²) < 4.78 is 6.00. The lowest BCUT2D eigenvalue weighted by atomic mass is 10.0. The molecular formula is C18H20N2O. The van der Waals surface area contributed by atoms with Gasteiger partial charge in [-0.05, 0) is 50.7 Å². The predicted molar refractivity (Wildman–Crippen MR) is 85.4 cm³/mol. The molecule has 0 spiro atoms. The van der Waals surface area contributed by atoms with Crippen molar-refractivity contribution in [3.63, 3.8) is 0 Å². The van der Waals surface area contributed by atoms with Gasteiger partial charge in [-0.2, -0.15) is 0 Å². The van der Waals surface area contributed by atoms with Crippen LogP contribution in [0.4, 0.5) is 0 Å². The van der Waals surface area contributed by atoms with Crippen LogP contribution in [0.2, 0.25) is 0 Å². The van der Waals surface area contributed by atoms with E-state index in [4.69, 9.17) is 4.42 Å². The zero-order valence-corrected chi connectivity index (χ0v) is 12.7. The van der Waals surface area contributed by atoms with E-state index in [2.05, 4.69) is 48.4 Å². The Morgan fingerprint density at radius 3 is 2.81 bits per heavy atom. The standard InChI is InChI=1S/C18H20N2O/c1-12-6-7-17-14(9-12)10-18(21-17)16(19-3)11-15-13(2)5-4-8-20-15/h4-10,16,19H,11H2,1-3H3. The molecule has 1 N–H and O–H groups in total. The Morgan fingerprint density at radius 2 is 2.05 bits per heavy atom. The van der Waals surface area contributed by atoms with Gasteiger partial charge in [-0.1, -0.05) is 17.7 Å². The summed E-state index contributed by atoms with van der Waals surface area (Å²) in [6, 6.07) is 12.6. The molecule has 0 aliphatic rings. The van der Waals surface area contributed by atoms with Gasteiger partial charge in [-0.25, -0.2) is 0 Å². The molecule has 0 bridgehead atoms. The first-order chi connectivity index (χ1) is 10.2. The number of aryl methyl sites for hydroxylation is 2. The highest BCUT2D eigenvalue weighted by Crippen LogP contribution is 2.27. The van der Waals surface area contributed by atoms with Crippen molar-refractivity contribution in [1.29, 1.82) is 0 Å². The summed E-state index contributed by atoms with van der Waals surface area (Å²) in [6.45, 7) is 4.19. The van der Waals surface area contributed by atoms with Crippen molar-refractivity contribution in [2.45, 2.75) is 26.3 Å². The van der Waals surface area contributed by atoms with E-state index in [9.17, 15) is 0 Å². The van der Waals surface area contributed by atoms with Gasteiger partial charge in [0.25, 0.3) is 0 Å². The van der Waals surface area contributed by atoms with E-state index in [-0.39, 0.29) is 6.04 Å². The second kappa shape index (κ2) is 5.70. The highest BCUT2D eigenvalue weighted by atomic mass is 16.3. The molecule has 0 aliphatic carbocycles. The largest absolute Gasteiger partial charge is 0.459 e. The van der Waals surface area contributed by atoms with Crippen molar-refractivity contribution in [3.05, 3.63) is 65.2 Å². The van der Waals surface area contributed by atoms with Gasteiger partial charge in [-0.15, -0.1) is 0 Å². The maximum Gasteiger partial charge on any atom is 0.134 e. The van der Waals surface area contributed by atoms with Gasteiger partial charge in [0, 0.05) is 23.7 Å². The first-order valence-corrected chi connectivity index (χ1v) is 7.25. The van der Waals surface area contributed by atoms with Crippen LogP contribution in [-0.4, -0.2) is 12.0 Å². The van der Waals surface area contributed by atoms with Gasteiger partial charge in [0.2, 0.25) is 0 Å². The highest BCUT2D eigenvalue weighted by Gasteiger charge is 2.16. The third-order valence-electron chi connectivity index (χ3n) is 3.90. The van der Waals surface area contributed by atoms with E-state index in [0.29, 0.717) is 0 Å². The van der Waals surface area contributed by atoms with Crippen molar-refractivity contribution >= 4 is 11.0 Å². The molecule has 0 radical (unpaired) electrons. The lowest BCUT2D eigenvalue weighted by molar-refractivity contribution is 0.448. The quantitative estimate of drug-likeness (QED) is 0.786. The Balaban J connectivity index is 1.93. The molecule has 0 saturated heterocycles. The Labute approximate surface area is 125 Å². The van der Waals surface area contributed by atoms with Gasteiger partial charge < -0.3 is 9.73 Å². The van der Waals surface area contributed by atoms with Crippen molar-refractivity contribution in [1.82, 2.24) is 10.3 Å². The van der Waals surface area contributed by atoms with E-state index in [0.717, 1.165) is 28.8 Å². The Hall–Kier alpha value is -2.13. The van der Waals surface area contributed by atoms with Crippen LogP contribution >= 0.6 is 0 Å². The number of fused-ring (bicyclic) bond motifs is 1. The number of nitrogens with one attached hydrogen (secondary N) is 1. The molecule has 3 rings (SSSR count). The summed E-state index contributed by atoms with van der Waals surface area (Å²) >= 11 is 0. The van der Waals surface area contributed by atoms with E-state index in [1.54, 1.807) is 0 Å². The number of likely N-dealkylation sites (N-methyl/N-ethyl adjacent to an activating group) is 1. The molecule has 1 aromatic carbocycles. The lowest BCUT2D eigenvalue weighted by Crippen LogP contribution is -2.19. The number of furan rings is 1. The molecule has 108 valence electrons. The van der Waals surface area contributed by atoms with Crippen molar-refractivity contribution < 1.29 is 4.42 Å². The third kappa shape index (κ3) is 2.83. The Morgan fingerprint density at radius 1 is 1.19 bits per heavy atom. The fourth-order valence-electron chi connectivity index (χ4n) is 2.63. The minimum atomic E-state index is 0.131. The topological polar surface area (TPSA) is 38.1 Å². The molecule has 1 unspecified atom stereocenters.